The van der Waals surface area contributed by atoms with E-state index >= 15 is 0 Å². The van der Waals surface area contributed by atoms with Crippen molar-refractivity contribution in [1.82, 2.24) is 9.97 Å². The van der Waals surface area contributed by atoms with Crippen LogP contribution in [0.2, 0.25) is 0 Å². The van der Waals surface area contributed by atoms with E-state index in [0.717, 1.165) is 36.6 Å². The lowest BCUT2D eigenvalue weighted by molar-refractivity contribution is 0.0839. The van der Waals surface area contributed by atoms with Crippen molar-refractivity contribution >= 4 is 11.6 Å². The SMILES string of the molecule is CCc1c(NC)ncnc1N1CCC(C)(O)C1. The van der Waals surface area contributed by atoms with Crippen LogP contribution in [0.25, 0.3) is 0 Å². The fourth-order valence-corrected chi connectivity index (χ4v) is 2.34. The van der Waals surface area contributed by atoms with Crippen LogP contribution in [0.1, 0.15) is 25.8 Å². The molecule has 1 atom stereocenters. The quantitative estimate of drug-likeness (QED) is 0.821. The van der Waals surface area contributed by atoms with Crippen LogP contribution < -0.4 is 10.2 Å². The number of rotatable bonds is 3. The van der Waals surface area contributed by atoms with E-state index in [1.807, 2.05) is 14.0 Å². The summed E-state index contributed by atoms with van der Waals surface area (Å²) >= 11 is 0. The Labute approximate surface area is 102 Å². The van der Waals surface area contributed by atoms with Crippen LogP contribution in [0.5, 0.6) is 0 Å². The van der Waals surface area contributed by atoms with Gasteiger partial charge in [0.2, 0.25) is 0 Å². The smallest absolute Gasteiger partial charge is 0.137 e. The summed E-state index contributed by atoms with van der Waals surface area (Å²) in [5.41, 5.74) is 0.517. The van der Waals surface area contributed by atoms with Crippen molar-refractivity contribution in [3.8, 4) is 0 Å². The molecule has 0 radical (unpaired) electrons. The first-order valence-corrected chi connectivity index (χ1v) is 6.06. The lowest BCUT2D eigenvalue weighted by atomic mass is 10.1. The molecular formula is C12H20N4O. The number of anilines is 2. The van der Waals surface area contributed by atoms with Gasteiger partial charge in [0.15, 0.2) is 0 Å². The molecule has 2 N–H and O–H groups in total. The normalized spacial score (nSPS) is 24.1. The Kier molecular flexibility index (Phi) is 3.19. The van der Waals surface area contributed by atoms with Crippen molar-refractivity contribution < 1.29 is 5.11 Å². The molecule has 17 heavy (non-hydrogen) atoms. The number of nitrogens with one attached hydrogen (secondary N) is 1. The van der Waals surface area contributed by atoms with Crippen LogP contribution in [-0.4, -0.2) is 40.8 Å². The minimum Gasteiger partial charge on any atom is -0.388 e. The summed E-state index contributed by atoms with van der Waals surface area (Å²) in [6, 6.07) is 0. The molecule has 5 heteroatoms. The number of β-amino-alcohol motifs (C(OH)–C–C–N with tert-alkyl or cyclic N) is 1. The molecule has 1 aromatic rings. The van der Waals surface area contributed by atoms with E-state index in [9.17, 15) is 5.11 Å². The second-order valence-corrected chi connectivity index (χ2v) is 4.80. The van der Waals surface area contributed by atoms with E-state index < -0.39 is 5.60 Å². The van der Waals surface area contributed by atoms with Gasteiger partial charge in [-0.3, -0.25) is 0 Å². The molecule has 2 heterocycles. The van der Waals surface area contributed by atoms with E-state index in [1.165, 1.54) is 0 Å². The van der Waals surface area contributed by atoms with Gasteiger partial charge in [0.1, 0.15) is 18.0 Å². The molecule has 1 aliphatic heterocycles. The van der Waals surface area contributed by atoms with E-state index in [4.69, 9.17) is 0 Å². The Hall–Kier alpha value is -1.36. The van der Waals surface area contributed by atoms with Crippen LogP contribution in [0.15, 0.2) is 6.33 Å². The van der Waals surface area contributed by atoms with Crippen molar-refractivity contribution in [2.24, 2.45) is 0 Å². The summed E-state index contributed by atoms with van der Waals surface area (Å²) < 4.78 is 0. The van der Waals surface area contributed by atoms with Crippen LogP contribution >= 0.6 is 0 Å². The summed E-state index contributed by atoms with van der Waals surface area (Å²) in [6.07, 6.45) is 3.24. The average molecular weight is 236 g/mol. The third-order valence-corrected chi connectivity index (χ3v) is 3.26. The average Bonchev–Trinajstić information content (AvgIpc) is 2.68. The molecule has 0 aromatic carbocycles. The van der Waals surface area contributed by atoms with E-state index in [1.54, 1.807) is 6.33 Å². The van der Waals surface area contributed by atoms with Crippen molar-refractivity contribution in [3.63, 3.8) is 0 Å². The van der Waals surface area contributed by atoms with Gasteiger partial charge in [-0.1, -0.05) is 6.92 Å². The summed E-state index contributed by atoms with van der Waals surface area (Å²) in [4.78, 5) is 10.7. The zero-order valence-electron chi connectivity index (χ0n) is 10.7. The standard InChI is InChI=1S/C12H20N4O/c1-4-9-10(13-3)14-8-15-11(9)16-6-5-12(2,17)7-16/h8,17H,4-7H2,1-3H3,(H,13,14,15). The van der Waals surface area contributed by atoms with Gasteiger partial charge in [0.05, 0.1) is 5.60 Å². The Bertz CT molecular complexity index is 405. The highest BCUT2D eigenvalue weighted by Gasteiger charge is 2.33. The second-order valence-electron chi connectivity index (χ2n) is 4.80. The summed E-state index contributed by atoms with van der Waals surface area (Å²) in [5.74, 6) is 1.83. The molecule has 0 saturated carbocycles. The number of nitrogens with zero attached hydrogens (tertiary/aromatic N) is 3. The molecule has 94 valence electrons. The highest BCUT2D eigenvalue weighted by molar-refractivity contribution is 5.59. The molecule has 1 aliphatic rings. The van der Waals surface area contributed by atoms with Crippen molar-refractivity contribution in [3.05, 3.63) is 11.9 Å². The predicted molar refractivity (Wildman–Crippen MR) is 68.4 cm³/mol. The lowest BCUT2D eigenvalue weighted by Gasteiger charge is -2.22. The first-order chi connectivity index (χ1) is 8.07. The summed E-state index contributed by atoms with van der Waals surface area (Å²) in [7, 11) is 1.87. The minimum absolute atomic E-state index is 0.601. The Morgan fingerprint density at radius 3 is 2.82 bits per heavy atom. The molecule has 0 bridgehead atoms. The maximum absolute atomic E-state index is 10.0. The van der Waals surface area contributed by atoms with Crippen LogP contribution in [-0.2, 0) is 6.42 Å². The zero-order chi connectivity index (χ0) is 12.5. The third-order valence-electron chi connectivity index (χ3n) is 3.26. The first kappa shape index (κ1) is 12.1. The highest BCUT2D eigenvalue weighted by atomic mass is 16.3. The molecule has 2 rings (SSSR count). The molecule has 0 amide bonds. The van der Waals surface area contributed by atoms with Gasteiger partial charge >= 0.3 is 0 Å². The summed E-state index contributed by atoms with van der Waals surface area (Å²) in [6.45, 7) is 5.45. The molecular weight excluding hydrogens is 216 g/mol. The molecule has 1 fully saturated rings. The molecule has 1 unspecified atom stereocenters. The van der Waals surface area contributed by atoms with Gasteiger partial charge in [-0.15, -0.1) is 0 Å². The number of aromatic nitrogens is 2. The van der Waals surface area contributed by atoms with Crippen molar-refractivity contribution in [1.29, 1.82) is 0 Å². The maximum atomic E-state index is 10.0. The Morgan fingerprint density at radius 2 is 2.29 bits per heavy atom. The number of hydrogen-bond donors (Lipinski definition) is 2. The molecule has 1 aromatic heterocycles. The maximum Gasteiger partial charge on any atom is 0.137 e. The van der Waals surface area contributed by atoms with E-state index in [2.05, 4.69) is 27.1 Å². The van der Waals surface area contributed by atoms with Gasteiger partial charge in [-0.2, -0.15) is 0 Å². The highest BCUT2D eigenvalue weighted by Crippen LogP contribution is 2.29. The van der Waals surface area contributed by atoms with Gasteiger partial charge in [-0.05, 0) is 19.8 Å². The van der Waals surface area contributed by atoms with Crippen LogP contribution in [0.3, 0.4) is 0 Å². The largest absolute Gasteiger partial charge is 0.388 e. The molecule has 0 spiro atoms. The predicted octanol–water partition coefficient (Wildman–Crippen LogP) is 1.04. The Morgan fingerprint density at radius 1 is 1.53 bits per heavy atom. The second kappa shape index (κ2) is 4.49. The topological polar surface area (TPSA) is 61.3 Å². The molecule has 1 saturated heterocycles. The van der Waals surface area contributed by atoms with E-state index in [-0.39, 0.29) is 0 Å². The summed E-state index contributed by atoms with van der Waals surface area (Å²) in [5, 5.41) is 13.1. The monoisotopic (exact) mass is 236 g/mol. The van der Waals surface area contributed by atoms with E-state index in [0.29, 0.717) is 6.54 Å². The van der Waals surface area contributed by atoms with Crippen LogP contribution in [0.4, 0.5) is 11.6 Å². The van der Waals surface area contributed by atoms with Gasteiger partial charge in [0.25, 0.3) is 0 Å². The first-order valence-electron chi connectivity index (χ1n) is 6.06. The lowest BCUT2D eigenvalue weighted by Crippen LogP contribution is -2.30. The minimum atomic E-state index is -0.601. The Balaban J connectivity index is 2.33. The number of hydrogen-bond acceptors (Lipinski definition) is 5. The molecule has 0 aliphatic carbocycles. The zero-order valence-corrected chi connectivity index (χ0v) is 10.7. The molecule has 5 nitrogen and oxygen atoms in total. The van der Waals surface area contributed by atoms with Crippen LogP contribution in [0, 0.1) is 0 Å². The fourth-order valence-electron chi connectivity index (χ4n) is 2.34. The number of aliphatic hydroxyl groups is 1. The van der Waals surface area contributed by atoms with Gasteiger partial charge in [0, 0.05) is 25.7 Å². The van der Waals surface area contributed by atoms with Crippen molar-refractivity contribution in [2.45, 2.75) is 32.3 Å². The van der Waals surface area contributed by atoms with Gasteiger partial charge < -0.3 is 15.3 Å². The van der Waals surface area contributed by atoms with Gasteiger partial charge in [-0.25, -0.2) is 9.97 Å². The third kappa shape index (κ3) is 2.34. The fraction of sp³-hybridized carbons (Fsp3) is 0.667. The van der Waals surface area contributed by atoms with Crippen molar-refractivity contribution in [2.75, 3.05) is 30.4 Å².